The number of carbonyl (C=O) groups excluding carboxylic acids is 1. The van der Waals surface area contributed by atoms with E-state index in [2.05, 4.69) is 24.1 Å². The van der Waals surface area contributed by atoms with Crippen LogP contribution < -0.4 is 5.32 Å². The third-order valence-electron chi connectivity index (χ3n) is 5.81. The van der Waals surface area contributed by atoms with Crippen LogP contribution in [-0.2, 0) is 14.3 Å². The number of carboxylic acid groups (broad SMARTS) is 1. The SMILES string of the molecule is COC(COCCC(C)C)c1cccc(-c2csc(NC(=O)c3cc(Cl)c(/C=C(\C)C(=O)O)c(Cl)c3)n2)c1F. The van der Waals surface area contributed by atoms with E-state index in [4.69, 9.17) is 37.8 Å². The van der Waals surface area contributed by atoms with E-state index in [0.29, 0.717) is 29.3 Å². The standard InChI is InChI=1S/C28H29Cl2FN2O5S/c1-15(2)8-9-38-13-24(37-4)19-7-5-6-18(25(19)31)23-14-39-28(32-23)33-26(34)17-11-21(29)20(22(30)12-17)10-16(3)27(35)36/h5-7,10-12,14-15,24H,8-9,13H2,1-4H3,(H,35,36)(H,32,33,34)/b16-10+. The average molecular weight is 596 g/mol. The van der Waals surface area contributed by atoms with E-state index in [1.807, 2.05) is 0 Å². The molecule has 0 saturated heterocycles. The second-order valence-corrected chi connectivity index (χ2v) is 10.8. The Hall–Kier alpha value is -2.82. The van der Waals surface area contributed by atoms with Gasteiger partial charge in [0.2, 0.25) is 0 Å². The first-order valence-electron chi connectivity index (χ1n) is 12.1. The Morgan fingerprint density at radius 3 is 2.54 bits per heavy atom. The molecule has 208 valence electrons. The number of ether oxygens (including phenoxy) is 2. The predicted molar refractivity (Wildman–Crippen MR) is 153 cm³/mol. The van der Waals surface area contributed by atoms with Crippen LogP contribution in [0.2, 0.25) is 10.0 Å². The van der Waals surface area contributed by atoms with Crippen molar-refractivity contribution in [2.24, 2.45) is 5.92 Å². The Bertz CT molecular complexity index is 1350. The number of nitrogens with zero attached hydrogens (tertiary/aromatic N) is 1. The molecule has 0 aliphatic rings. The molecule has 0 bridgehead atoms. The molecule has 1 heterocycles. The van der Waals surface area contributed by atoms with Gasteiger partial charge in [-0.2, -0.15) is 0 Å². The molecule has 2 aromatic carbocycles. The molecule has 1 atom stereocenters. The summed E-state index contributed by atoms with van der Waals surface area (Å²) in [5.41, 5.74) is 1.46. The first-order valence-corrected chi connectivity index (χ1v) is 13.7. The minimum atomic E-state index is -1.11. The topological polar surface area (TPSA) is 97.8 Å². The molecule has 0 aliphatic carbocycles. The van der Waals surface area contributed by atoms with Crippen molar-refractivity contribution < 1.29 is 28.6 Å². The van der Waals surface area contributed by atoms with Gasteiger partial charge in [-0.25, -0.2) is 14.2 Å². The van der Waals surface area contributed by atoms with Crippen molar-refractivity contribution in [1.82, 2.24) is 4.98 Å². The van der Waals surface area contributed by atoms with Crippen molar-refractivity contribution in [3.8, 4) is 11.3 Å². The highest BCUT2D eigenvalue weighted by Gasteiger charge is 2.21. The van der Waals surface area contributed by atoms with E-state index >= 15 is 4.39 Å². The second kappa shape index (κ2) is 14.0. The van der Waals surface area contributed by atoms with Gasteiger partial charge in [0.15, 0.2) is 5.13 Å². The Balaban J connectivity index is 1.76. The first kappa shape index (κ1) is 30.7. The second-order valence-electron chi connectivity index (χ2n) is 9.17. The fourth-order valence-corrected chi connectivity index (χ4v) is 4.85. The molecule has 7 nitrogen and oxygen atoms in total. The summed E-state index contributed by atoms with van der Waals surface area (Å²) in [6, 6.07) is 7.75. The van der Waals surface area contributed by atoms with E-state index in [1.54, 1.807) is 23.6 Å². The zero-order valence-corrected chi connectivity index (χ0v) is 24.2. The number of hydrogen-bond acceptors (Lipinski definition) is 6. The van der Waals surface area contributed by atoms with E-state index in [0.717, 1.165) is 17.8 Å². The molecule has 0 spiro atoms. The Kier molecular flexibility index (Phi) is 11.0. The van der Waals surface area contributed by atoms with Crippen molar-refractivity contribution >= 4 is 57.6 Å². The quantitative estimate of drug-likeness (QED) is 0.164. The zero-order chi connectivity index (χ0) is 28.7. The molecule has 0 fully saturated rings. The fraction of sp³-hybridized carbons (Fsp3) is 0.321. The molecular weight excluding hydrogens is 566 g/mol. The summed E-state index contributed by atoms with van der Waals surface area (Å²) in [4.78, 5) is 28.3. The van der Waals surface area contributed by atoms with Gasteiger partial charge in [-0.1, -0.05) is 49.2 Å². The van der Waals surface area contributed by atoms with Crippen LogP contribution >= 0.6 is 34.5 Å². The number of nitrogens with one attached hydrogen (secondary N) is 1. The summed E-state index contributed by atoms with van der Waals surface area (Å²) in [6.45, 7) is 6.40. The summed E-state index contributed by atoms with van der Waals surface area (Å²) >= 11 is 13.7. The number of hydrogen-bond donors (Lipinski definition) is 2. The Morgan fingerprint density at radius 1 is 1.23 bits per heavy atom. The summed E-state index contributed by atoms with van der Waals surface area (Å²) in [7, 11) is 1.51. The van der Waals surface area contributed by atoms with Gasteiger partial charge in [0.05, 0.1) is 22.3 Å². The number of benzene rings is 2. The van der Waals surface area contributed by atoms with E-state index in [9.17, 15) is 9.59 Å². The van der Waals surface area contributed by atoms with E-state index < -0.39 is 23.8 Å². The highest BCUT2D eigenvalue weighted by molar-refractivity contribution is 7.14. The highest BCUT2D eigenvalue weighted by Crippen LogP contribution is 2.33. The van der Waals surface area contributed by atoms with Crippen molar-refractivity contribution in [2.75, 3.05) is 25.6 Å². The zero-order valence-electron chi connectivity index (χ0n) is 21.9. The van der Waals surface area contributed by atoms with Crippen LogP contribution in [0.15, 0.2) is 41.3 Å². The largest absolute Gasteiger partial charge is 0.478 e. The van der Waals surface area contributed by atoms with Crippen molar-refractivity contribution in [3.05, 3.63) is 73.8 Å². The van der Waals surface area contributed by atoms with Crippen LogP contribution in [0, 0.1) is 11.7 Å². The summed E-state index contributed by atoms with van der Waals surface area (Å²) in [6.07, 6.45) is 1.65. The fourth-order valence-electron chi connectivity index (χ4n) is 3.55. The molecule has 1 aromatic heterocycles. The molecule has 1 unspecified atom stereocenters. The molecular formula is C28H29Cl2FN2O5S. The minimum Gasteiger partial charge on any atom is -0.478 e. The van der Waals surface area contributed by atoms with Crippen LogP contribution in [-0.4, -0.2) is 42.3 Å². The van der Waals surface area contributed by atoms with Crippen LogP contribution in [0.4, 0.5) is 9.52 Å². The molecule has 0 radical (unpaired) electrons. The number of aliphatic carboxylic acids is 1. The molecule has 0 saturated carbocycles. The lowest BCUT2D eigenvalue weighted by Crippen LogP contribution is -2.13. The number of carboxylic acids is 1. The maximum Gasteiger partial charge on any atom is 0.331 e. The molecule has 3 rings (SSSR count). The average Bonchev–Trinajstić information content (AvgIpc) is 3.34. The van der Waals surface area contributed by atoms with E-state index in [-0.39, 0.29) is 38.5 Å². The maximum absolute atomic E-state index is 15.5. The van der Waals surface area contributed by atoms with Gasteiger partial charge in [0, 0.05) is 46.9 Å². The smallest absolute Gasteiger partial charge is 0.331 e. The van der Waals surface area contributed by atoms with Gasteiger partial charge in [-0.05, 0) is 43.5 Å². The summed E-state index contributed by atoms with van der Waals surface area (Å²) < 4.78 is 26.7. The monoisotopic (exact) mass is 594 g/mol. The van der Waals surface area contributed by atoms with Crippen LogP contribution in [0.1, 0.15) is 54.8 Å². The number of thiazole rings is 1. The molecule has 3 aromatic rings. The maximum atomic E-state index is 15.5. The molecule has 39 heavy (non-hydrogen) atoms. The number of halogens is 3. The lowest BCUT2D eigenvalue weighted by molar-refractivity contribution is -0.132. The lowest BCUT2D eigenvalue weighted by atomic mass is 10.0. The summed E-state index contributed by atoms with van der Waals surface area (Å²) in [5, 5.41) is 13.9. The van der Waals surface area contributed by atoms with Gasteiger partial charge in [0.1, 0.15) is 11.9 Å². The van der Waals surface area contributed by atoms with Crippen molar-refractivity contribution in [2.45, 2.75) is 33.3 Å². The third kappa shape index (κ3) is 8.09. The van der Waals surface area contributed by atoms with Crippen molar-refractivity contribution in [3.63, 3.8) is 0 Å². The number of carbonyl (C=O) groups is 2. The normalized spacial score (nSPS) is 12.6. The van der Waals surface area contributed by atoms with Gasteiger partial charge in [-0.3, -0.25) is 10.1 Å². The van der Waals surface area contributed by atoms with Crippen LogP contribution in [0.3, 0.4) is 0 Å². The third-order valence-corrected chi connectivity index (χ3v) is 7.19. The molecule has 2 N–H and O–H groups in total. The van der Waals surface area contributed by atoms with Crippen molar-refractivity contribution in [1.29, 1.82) is 0 Å². The highest BCUT2D eigenvalue weighted by atomic mass is 35.5. The molecule has 1 amide bonds. The number of anilines is 1. The van der Waals surface area contributed by atoms with Gasteiger partial charge >= 0.3 is 5.97 Å². The Morgan fingerprint density at radius 2 is 1.92 bits per heavy atom. The van der Waals surface area contributed by atoms with E-state index in [1.165, 1.54) is 32.2 Å². The number of amides is 1. The van der Waals surface area contributed by atoms with Gasteiger partial charge in [0.25, 0.3) is 5.91 Å². The van der Waals surface area contributed by atoms with Gasteiger partial charge in [-0.15, -0.1) is 11.3 Å². The van der Waals surface area contributed by atoms with Gasteiger partial charge < -0.3 is 14.6 Å². The predicted octanol–water partition coefficient (Wildman–Crippen LogP) is 7.75. The number of aromatic nitrogens is 1. The lowest BCUT2D eigenvalue weighted by Gasteiger charge is -2.18. The minimum absolute atomic E-state index is 0.0399. The molecule has 11 heteroatoms. The Labute approximate surface area is 240 Å². The first-order chi connectivity index (χ1) is 18.5. The van der Waals surface area contributed by atoms with Crippen LogP contribution in [0.5, 0.6) is 0 Å². The number of rotatable bonds is 12. The number of methoxy groups -OCH3 is 1. The summed E-state index contributed by atoms with van der Waals surface area (Å²) in [5.74, 6) is -1.61. The van der Waals surface area contributed by atoms with Crippen LogP contribution in [0.25, 0.3) is 17.3 Å². The molecule has 0 aliphatic heterocycles.